The molecule has 0 saturated carbocycles. The van der Waals surface area contributed by atoms with Crippen molar-refractivity contribution < 1.29 is 24.5 Å². The topological polar surface area (TPSA) is 125 Å². The number of carbonyl (C=O) groups excluding carboxylic acids is 1. The van der Waals surface area contributed by atoms with E-state index in [9.17, 15) is 19.8 Å². The molecule has 5 rings (SSSR count). The lowest BCUT2D eigenvalue weighted by atomic mass is 10.0. The Morgan fingerprint density at radius 3 is 2.30 bits per heavy atom. The molecule has 0 bridgehead atoms. The average Bonchev–Trinajstić information content (AvgIpc) is 3.80. The minimum absolute atomic E-state index is 0.273. The van der Waals surface area contributed by atoms with E-state index < -0.39 is 24.3 Å². The Balaban J connectivity index is 1.23. The molecule has 4 aromatic rings. The minimum atomic E-state index is -1.16. The van der Waals surface area contributed by atoms with Gasteiger partial charge < -0.3 is 20.3 Å². The molecule has 266 valence electrons. The van der Waals surface area contributed by atoms with Crippen molar-refractivity contribution in [2.45, 2.75) is 96.9 Å². The number of aliphatic hydroxyl groups is 1. The first-order valence-electron chi connectivity index (χ1n) is 17.9. The summed E-state index contributed by atoms with van der Waals surface area (Å²) in [4.78, 5) is 37.8. The Morgan fingerprint density at radius 2 is 1.62 bits per heavy atom. The summed E-state index contributed by atoms with van der Waals surface area (Å²) in [5.41, 5.74) is 3.64. The summed E-state index contributed by atoms with van der Waals surface area (Å²) < 4.78 is 5.90. The van der Waals surface area contributed by atoms with Crippen molar-refractivity contribution in [1.82, 2.24) is 20.2 Å². The molecule has 0 spiro atoms. The molecule has 3 heterocycles. The number of benzene rings is 2. The highest BCUT2D eigenvalue weighted by molar-refractivity contribution is 7.14. The summed E-state index contributed by atoms with van der Waals surface area (Å²) in [6.45, 7) is 7.68. The van der Waals surface area contributed by atoms with Gasteiger partial charge in [0.1, 0.15) is 18.0 Å². The number of nitrogens with zero attached hydrogens (tertiary/aromatic N) is 3. The van der Waals surface area contributed by atoms with Crippen LogP contribution in [0.5, 0.6) is 5.75 Å². The molecule has 9 nitrogen and oxygen atoms in total. The van der Waals surface area contributed by atoms with Crippen LogP contribution in [0.1, 0.15) is 85.8 Å². The van der Waals surface area contributed by atoms with Crippen molar-refractivity contribution in [2.24, 2.45) is 5.92 Å². The number of likely N-dealkylation sites (tertiary alicyclic amines) is 1. The molecule has 3 N–H and O–H groups in total. The highest BCUT2D eigenvalue weighted by atomic mass is 32.1. The van der Waals surface area contributed by atoms with E-state index in [2.05, 4.69) is 36.1 Å². The lowest BCUT2D eigenvalue weighted by molar-refractivity contribution is -0.147. The summed E-state index contributed by atoms with van der Waals surface area (Å²) in [5, 5.41) is 24.3. The van der Waals surface area contributed by atoms with E-state index in [1.807, 2.05) is 73.1 Å². The van der Waals surface area contributed by atoms with Gasteiger partial charge in [0.2, 0.25) is 0 Å². The third-order valence-corrected chi connectivity index (χ3v) is 10.2. The van der Waals surface area contributed by atoms with Crippen molar-refractivity contribution in [3.8, 4) is 28.3 Å². The molecule has 10 heteroatoms. The van der Waals surface area contributed by atoms with Crippen LogP contribution in [0.4, 0.5) is 0 Å². The van der Waals surface area contributed by atoms with E-state index in [-0.39, 0.29) is 5.91 Å². The van der Waals surface area contributed by atoms with Crippen molar-refractivity contribution in [3.05, 3.63) is 88.4 Å². The Labute approximate surface area is 299 Å². The first-order chi connectivity index (χ1) is 24.2. The second-order valence-corrected chi connectivity index (χ2v) is 14.7. The Bertz CT molecular complexity index is 1660. The van der Waals surface area contributed by atoms with Crippen LogP contribution in [0.2, 0.25) is 0 Å². The van der Waals surface area contributed by atoms with Gasteiger partial charge in [-0.15, -0.1) is 11.3 Å². The number of carboxylic acid groups (broad SMARTS) is 1. The van der Waals surface area contributed by atoms with Crippen LogP contribution in [-0.4, -0.2) is 68.4 Å². The van der Waals surface area contributed by atoms with Crippen LogP contribution in [0, 0.1) is 5.92 Å². The second kappa shape index (κ2) is 18.2. The Hall–Kier alpha value is -4.12. The van der Waals surface area contributed by atoms with Gasteiger partial charge in [-0.25, -0.2) is 9.97 Å². The van der Waals surface area contributed by atoms with Crippen molar-refractivity contribution in [3.63, 3.8) is 0 Å². The second-order valence-electron chi connectivity index (χ2n) is 13.6. The number of nitrogens with one attached hydrogen (secondary N) is 1. The summed E-state index contributed by atoms with van der Waals surface area (Å²) in [6, 6.07) is 18.0. The smallest absolute Gasteiger partial charge is 0.320 e. The molecule has 50 heavy (non-hydrogen) atoms. The number of hydrogen-bond acceptors (Lipinski definition) is 8. The normalized spacial score (nSPS) is 16.0. The summed E-state index contributed by atoms with van der Waals surface area (Å²) in [6.07, 6.45) is 10.8. The van der Waals surface area contributed by atoms with Gasteiger partial charge in [0.05, 0.1) is 17.5 Å². The van der Waals surface area contributed by atoms with Gasteiger partial charge in [0.25, 0.3) is 5.91 Å². The van der Waals surface area contributed by atoms with Crippen LogP contribution in [0.25, 0.3) is 22.5 Å². The fourth-order valence-electron chi connectivity index (χ4n) is 6.39. The molecular formula is C40H50N4O5S. The van der Waals surface area contributed by atoms with Gasteiger partial charge in [-0.3, -0.25) is 14.5 Å². The number of aliphatic carboxylic acids is 1. The molecule has 1 unspecified atom stereocenters. The third kappa shape index (κ3) is 10.2. The van der Waals surface area contributed by atoms with E-state index in [0.717, 1.165) is 52.3 Å². The van der Waals surface area contributed by atoms with Gasteiger partial charge in [0, 0.05) is 34.9 Å². The van der Waals surface area contributed by atoms with E-state index in [0.29, 0.717) is 42.4 Å². The monoisotopic (exact) mass is 698 g/mol. The van der Waals surface area contributed by atoms with Gasteiger partial charge in [-0.05, 0) is 73.4 Å². The van der Waals surface area contributed by atoms with Gasteiger partial charge >= 0.3 is 5.97 Å². The lowest BCUT2D eigenvalue weighted by Crippen LogP contribution is -2.55. The summed E-state index contributed by atoms with van der Waals surface area (Å²) in [7, 11) is 0. The van der Waals surface area contributed by atoms with E-state index in [1.54, 1.807) is 4.90 Å². The number of ether oxygens (including phenoxy) is 1. The number of rotatable bonds is 18. The summed E-state index contributed by atoms with van der Waals surface area (Å²) >= 11 is 1.45. The Morgan fingerprint density at radius 1 is 0.920 bits per heavy atom. The zero-order chi connectivity index (χ0) is 35.5. The minimum Gasteiger partial charge on any atom is -0.494 e. The maximum absolute atomic E-state index is 13.4. The van der Waals surface area contributed by atoms with E-state index in [4.69, 9.17) is 4.74 Å². The van der Waals surface area contributed by atoms with Crippen LogP contribution < -0.4 is 10.1 Å². The molecule has 3 atom stereocenters. The summed E-state index contributed by atoms with van der Waals surface area (Å²) in [5.74, 6) is 0.685. The fourth-order valence-corrected chi connectivity index (χ4v) is 7.52. The molecule has 1 amide bonds. The van der Waals surface area contributed by atoms with Crippen molar-refractivity contribution in [1.29, 1.82) is 0 Å². The maximum Gasteiger partial charge on any atom is 0.320 e. The number of carbonyl (C=O) groups is 2. The van der Waals surface area contributed by atoms with E-state index >= 15 is 0 Å². The first-order valence-corrected chi connectivity index (χ1v) is 18.7. The highest BCUT2D eigenvalue weighted by Gasteiger charge is 2.38. The van der Waals surface area contributed by atoms with Gasteiger partial charge in [-0.1, -0.05) is 82.9 Å². The first kappa shape index (κ1) is 37.1. The van der Waals surface area contributed by atoms with Crippen molar-refractivity contribution >= 4 is 23.2 Å². The number of aliphatic hydroxyl groups excluding tert-OH is 1. The van der Waals surface area contributed by atoms with Gasteiger partial charge in [0.15, 0.2) is 5.82 Å². The molecule has 1 saturated heterocycles. The highest BCUT2D eigenvalue weighted by Crippen LogP contribution is 2.26. The maximum atomic E-state index is 13.4. The van der Waals surface area contributed by atoms with Crippen LogP contribution >= 0.6 is 11.3 Å². The number of thiophene rings is 1. The average molecular weight is 699 g/mol. The SMILES string of the molecule is CCCCCCCOc1ccc(-c2cnc(-c3ccc(C[C@H](NC(=O)c4ccc(CC(C)C)s4)C(O)N4CCC[C@H]4C(=O)O)cc3)nc2)cc1. The number of hydrogen-bond donors (Lipinski definition) is 3. The largest absolute Gasteiger partial charge is 0.494 e. The number of amides is 1. The predicted molar refractivity (Wildman–Crippen MR) is 198 cm³/mol. The number of aromatic nitrogens is 2. The fraction of sp³-hybridized carbons (Fsp3) is 0.450. The van der Waals surface area contributed by atoms with Crippen molar-refractivity contribution in [2.75, 3.05) is 13.2 Å². The van der Waals surface area contributed by atoms with Crippen LogP contribution in [0.3, 0.4) is 0 Å². The van der Waals surface area contributed by atoms with Gasteiger partial charge in [-0.2, -0.15) is 0 Å². The standard InChI is InChI=1S/C40H50N4O5S/c1-4-5-6-7-8-22-49-32-17-15-29(16-18-32)31-25-41-37(42-26-31)30-13-11-28(12-14-30)24-34(39(46)44-21-9-10-35(44)40(47)48)43-38(45)36-20-19-33(50-36)23-27(2)3/h11-20,25-27,34-35,39,46H,4-10,21-24H2,1-3H3,(H,43,45)(H,47,48)/t34-,35-,39?/m0/s1. The molecule has 0 radical (unpaired) electrons. The lowest BCUT2D eigenvalue weighted by Gasteiger charge is -2.33. The number of carboxylic acids is 1. The van der Waals surface area contributed by atoms with Crippen LogP contribution in [-0.2, 0) is 17.6 Å². The molecule has 1 fully saturated rings. The molecular weight excluding hydrogens is 649 g/mol. The zero-order valence-corrected chi connectivity index (χ0v) is 30.2. The molecule has 0 aliphatic carbocycles. The van der Waals surface area contributed by atoms with E-state index in [1.165, 1.54) is 37.0 Å². The molecule has 1 aliphatic rings. The molecule has 2 aromatic carbocycles. The third-order valence-electron chi connectivity index (χ3n) is 9.11. The van der Waals surface area contributed by atoms with Crippen LogP contribution in [0.15, 0.2) is 73.1 Å². The quantitative estimate of drug-likeness (QED) is 0.0907. The molecule has 1 aliphatic heterocycles. The Kier molecular flexibility index (Phi) is 13.5. The zero-order valence-electron chi connectivity index (χ0n) is 29.4. The predicted octanol–water partition coefficient (Wildman–Crippen LogP) is 7.63. The number of unbranched alkanes of at least 4 members (excludes halogenated alkanes) is 4. The molecule has 2 aromatic heterocycles.